The van der Waals surface area contributed by atoms with E-state index in [0.717, 1.165) is 11.5 Å². The largest absolute Gasteiger partial charge is 0.400 e. The predicted octanol–water partition coefficient (Wildman–Crippen LogP) is 5.40. The van der Waals surface area contributed by atoms with Crippen molar-refractivity contribution in [3.05, 3.63) is 0 Å². The van der Waals surface area contributed by atoms with E-state index in [1.54, 1.807) is 0 Å². The van der Waals surface area contributed by atoms with Gasteiger partial charge in [0.25, 0.3) is 0 Å². The average molecular weight is 312 g/mol. The van der Waals surface area contributed by atoms with Crippen molar-refractivity contribution in [3.63, 3.8) is 0 Å². The van der Waals surface area contributed by atoms with Gasteiger partial charge in [-0.1, -0.05) is 55.4 Å². The standard InChI is InChI=1S/C18H37NOSi/c1-14(2)15-13-16(19-11-9-10-12-19)20-21(15,17(3,4)5)18(6,7)8/h14-16H,9-13H2,1-8H3. The zero-order chi connectivity index (χ0) is 16.1. The van der Waals surface area contributed by atoms with Crippen LogP contribution in [-0.4, -0.2) is 32.5 Å². The molecule has 0 aromatic carbocycles. The van der Waals surface area contributed by atoms with E-state index in [1.165, 1.54) is 32.4 Å². The molecular formula is C18H37NOSi. The topological polar surface area (TPSA) is 12.5 Å². The lowest BCUT2D eigenvalue weighted by Gasteiger charge is -2.52. The molecule has 0 amide bonds. The van der Waals surface area contributed by atoms with Gasteiger partial charge in [-0.2, -0.15) is 0 Å². The molecule has 0 N–H and O–H groups in total. The molecule has 2 heterocycles. The summed E-state index contributed by atoms with van der Waals surface area (Å²) < 4.78 is 7.10. The second kappa shape index (κ2) is 5.65. The normalized spacial score (nSPS) is 31.3. The smallest absolute Gasteiger partial charge is 0.208 e. The van der Waals surface area contributed by atoms with Crippen molar-refractivity contribution in [2.45, 2.75) is 96.5 Å². The molecular weight excluding hydrogens is 274 g/mol. The van der Waals surface area contributed by atoms with Crippen LogP contribution in [0.3, 0.4) is 0 Å². The van der Waals surface area contributed by atoms with Crippen LogP contribution in [0.25, 0.3) is 0 Å². The van der Waals surface area contributed by atoms with Crippen LogP contribution < -0.4 is 0 Å². The van der Waals surface area contributed by atoms with E-state index in [9.17, 15) is 0 Å². The monoisotopic (exact) mass is 311 g/mol. The quantitative estimate of drug-likeness (QED) is 0.633. The molecule has 0 aliphatic carbocycles. The van der Waals surface area contributed by atoms with E-state index >= 15 is 0 Å². The lowest BCUT2D eigenvalue weighted by molar-refractivity contribution is 0.0452. The van der Waals surface area contributed by atoms with Crippen LogP contribution in [0.1, 0.15) is 74.7 Å². The van der Waals surface area contributed by atoms with Crippen LogP contribution in [-0.2, 0) is 4.43 Å². The first-order valence-corrected chi connectivity index (χ1v) is 10.9. The first-order valence-electron chi connectivity index (χ1n) is 8.92. The molecule has 0 spiro atoms. The van der Waals surface area contributed by atoms with Crippen LogP contribution in [0.5, 0.6) is 0 Å². The summed E-state index contributed by atoms with van der Waals surface area (Å²) >= 11 is 0. The third-order valence-electron chi connectivity index (χ3n) is 5.88. The second-order valence-corrected chi connectivity index (χ2v) is 15.1. The summed E-state index contributed by atoms with van der Waals surface area (Å²) in [6.07, 6.45) is 4.36. The van der Waals surface area contributed by atoms with Crippen molar-refractivity contribution < 1.29 is 4.43 Å². The van der Waals surface area contributed by atoms with Gasteiger partial charge in [-0.15, -0.1) is 0 Å². The molecule has 0 bridgehead atoms. The van der Waals surface area contributed by atoms with E-state index in [0.29, 0.717) is 6.23 Å². The van der Waals surface area contributed by atoms with E-state index < -0.39 is 8.32 Å². The minimum Gasteiger partial charge on any atom is -0.400 e. The fourth-order valence-corrected chi connectivity index (χ4v) is 12.8. The summed E-state index contributed by atoms with van der Waals surface area (Å²) in [6, 6.07) is 0. The molecule has 0 radical (unpaired) electrons. The SMILES string of the molecule is CC(C)C1CC(N2CCCC2)O[Si]1(C(C)(C)C)C(C)(C)C. The first kappa shape index (κ1) is 17.5. The Balaban J connectivity index is 2.40. The molecule has 2 fully saturated rings. The third-order valence-corrected chi connectivity index (χ3v) is 12.9. The maximum atomic E-state index is 7.10. The van der Waals surface area contributed by atoms with Gasteiger partial charge in [-0.3, -0.25) is 4.90 Å². The molecule has 2 unspecified atom stereocenters. The predicted molar refractivity (Wildman–Crippen MR) is 94.1 cm³/mol. The fraction of sp³-hybridized carbons (Fsp3) is 1.00. The summed E-state index contributed by atoms with van der Waals surface area (Å²) in [5.41, 5.74) is 0.767. The van der Waals surface area contributed by atoms with Gasteiger partial charge in [0.1, 0.15) is 0 Å². The van der Waals surface area contributed by atoms with Crippen LogP contribution in [0, 0.1) is 5.92 Å². The highest BCUT2D eigenvalue weighted by atomic mass is 28.4. The number of hydrogen-bond donors (Lipinski definition) is 0. The minimum absolute atomic E-state index is 0.286. The highest BCUT2D eigenvalue weighted by molar-refractivity contribution is 6.81. The molecule has 0 aromatic heterocycles. The molecule has 3 heteroatoms. The van der Waals surface area contributed by atoms with Crippen molar-refractivity contribution in [1.29, 1.82) is 0 Å². The zero-order valence-electron chi connectivity index (χ0n) is 15.6. The van der Waals surface area contributed by atoms with Crippen LogP contribution in [0.2, 0.25) is 15.6 Å². The van der Waals surface area contributed by atoms with Crippen LogP contribution in [0.15, 0.2) is 0 Å². The van der Waals surface area contributed by atoms with Crippen molar-refractivity contribution in [2.75, 3.05) is 13.1 Å². The molecule has 2 aliphatic heterocycles. The fourth-order valence-electron chi connectivity index (χ4n) is 5.32. The minimum atomic E-state index is -1.90. The lowest BCUT2D eigenvalue weighted by Crippen LogP contribution is -2.56. The number of hydrogen-bond acceptors (Lipinski definition) is 2. The second-order valence-electron chi connectivity index (χ2n) is 9.64. The molecule has 0 saturated carbocycles. The third kappa shape index (κ3) is 2.86. The average Bonchev–Trinajstić information content (AvgIpc) is 2.94. The van der Waals surface area contributed by atoms with Crippen molar-refractivity contribution in [1.82, 2.24) is 4.90 Å². The zero-order valence-corrected chi connectivity index (χ0v) is 16.6. The molecule has 21 heavy (non-hydrogen) atoms. The van der Waals surface area contributed by atoms with Crippen molar-refractivity contribution in [2.24, 2.45) is 5.92 Å². The van der Waals surface area contributed by atoms with Gasteiger partial charge in [0.05, 0.1) is 6.23 Å². The van der Waals surface area contributed by atoms with Gasteiger partial charge in [0, 0.05) is 13.1 Å². The molecule has 2 nitrogen and oxygen atoms in total. The number of rotatable bonds is 2. The van der Waals surface area contributed by atoms with Gasteiger partial charge in [-0.25, -0.2) is 0 Å². The Labute approximate surface area is 133 Å². The maximum Gasteiger partial charge on any atom is 0.208 e. The van der Waals surface area contributed by atoms with Gasteiger partial charge < -0.3 is 4.43 Å². The Kier molecular flexibility index (Phi) is 4.70. The van der Waals surface area contributed by atoms with Crippen LogP contribution in [0.4, 0.5) is 0 Å². The van der Waals surface area contributed by atoms with Crippen molar-refractivity contribution >= 4 is 8.32 Å². The van der Waals surface area contributed by atoms with Crippen LogP contribution >= 0.6 is 0 Å². The van der Waals surface area contributed by atoms with Gasteiger partial charge in [0.15, 0.2) is 0 Å². The van der Waals surface area contributed by atoms with Crippen molar-refractivity contribution in [3.8, 4) is 0 Å². The van der Waals surface area contributed by atoms with Gasteiger partial charge in [0.2, 0.25) is 8.32 Å². The molecule has 0 aromatic rings. The molecule has 2 atom stereocenters. The summed E-state index contributed by atoms with van der Waals surface area (Å²) in [5.74, 6) is 0.725. The molecule has 2 aliphatic rings. The highest BCUT2D eigenvalue weighted by Crippen LogP contribution is 2.64. The van der Waals surface area contributed by atoms with Gasteiger partial charge >= 0.3 is 0 Å². The van der Waals surface area contributed by atoms with E-state index in [2.05, 4.69) is 60.3 Å². The lowest BCUT2D eigenvalue weighted by atomic mass is 10.1. The molecule has 2 rings (SSSR count). The Bertz CT molecular complexity index is 346. The first-order chi connectivity index (χ1) is 9.50. The number of nitrogens with zero attached hydrogens (tertiary/aromatic N) is 1. The van der Waals surface area contributed by atoms with E-state index in [1.807, 2.05) is 0 Å². The Morgan fingerprint density at radius 2 is 1.43 bits per heavy atom. The molecule has 2 saturated heterocycles. The molecule has 124 valence electrons. The Hall–Kier alpha value is 0.137. The number of likely N-dealkylation sites (tertiary alicyclic amines) is 1. The summed E-state index contributed by atoms with van der Waals surface area (Å²) in [4.78, 5) is 2.63. The highest BCUT2D eigenvalue weighted by Gasteiger charge is 2.65. The Morgan fingerprint density at radius 1 is 0.952 bits per heavy atom. The van der Waals surface area contributed by atoms with E-state index in [4.69, 9.17) is 4.43 Å². The van der Waals surface area contributed by atoms with Gasteiger partial charge in [-0.05, 0) is 40.8 Å². The van der Waals surface area contributed by atoms with E-state index in [-0.39, 0.29) is 10.1 Å². The Morgan fingerprint density at radius 3 is 1.76 bits per heavy atom. The summed E-state index contributed by atoms with van der Waals surface area (Å²) in [7, 11) is -1.90. The summed E-state index contributed by atoms with van der Waals surface area (Å²) in [6.45, 7) is 21.9. The summed E-state index contributed by atoms with van der Waals surface area (Å²) in [5, 5.41) is 0.573. The maximum absolute atomic E-state index is 7.10.